The quantitative estimate of drug-likeness (QED) is 0.422. The molecule has 0 unspecified atom stereocenters. The Hall–Kier alpha value is -1.73. The first-order chi connectivity index (χ1) is 14.1. The van der Waals surface area contributed by atoms with Gasteiger partial charge < -0.3 is 4.74 Å². The summed E-state index contributed by atoms with van der Waals surface area (Å²) in [6, 6.07) is 1.74. The van der Waals surface area contributed by atoms with Crippen LogP contribution in [0.25, 0.3) is 0 Å². The average molecular weight is 438 g/mol. The highest BCUT2D eigenvalue weighted by Crippen LogP contribution is 2.45. The third-order valence-electron chi connectivity index (χ3n) is 6.64. The molecule has 0 saturated heterocycles. The fourth-order valence-electron chi connectivity index (χ4n) is 4.88. The fourth-order valence-corrected chi connectivity index (χ4v) is 4.88. The minimum Gasteiger partial charge on any atom is -0.421 e. The summed E-state index contributed by atoms with van der Waals surface area (Å²) in [7, 11) is 0. The molecule has 1 aromatic carbocycles. The Morgan fingerprint density at radius 2 is 1.30 bits per heavy atom. The summed E-state index contributed by atoms with van der Waals surface area (Å²) < 4.78 is 95.8. The lowest BCUT2D eigenvalue weighted by Crippen LogP contribution is -2.27. The van der Waals surface area contributed by atoms with Crippen molar-refractivity contribution >= 4 is 0 Å². The maximum atomic E-state index is 14.2. The molecule has 0 aromatic heterocycles. The van der Waals surface area contributed by atoms with Crippen molar-refractivity contribution in [3.63, 3.8) is 0 Å². The molecule has 2 aliphatic carbocycles. The van der Waals surface area contributed by atoms with Crippen LogP contribution in [0.2, 0.25) is 0 Å². The Balaban J connectivity index is 1.67. The highest BCUT2D eigenvalue weighted by molar-refractivity contribution is 5.34. The van der Waals surface area contributed by atoms with E-state index in [4.69, 9.17) is 0 Å². The Morgan fingerprint density at radius 3 is 1.77 bits per heavy atom. The summed E-state index contributed by atoms with van der Waals surface area (Å²) in [5.41, 5.74) is 0.309. The second-order valence-corrected chi connectivity index (χ2v) is 8.64. The van der Waals surface area contributed by atoms with Gasteiger partial charge in [0.1, 0.15) is 0 Å². The number of benzene rings is 1. The summed E-state index contributed by atoms with van der Waals surface area (Å²) in [5.74, 6) is -5.78. The van der Waals surface area contributed by atoms with Crippen LogP contribution in [0.3, 0.4) is 0 Å². The van der Waals surface area contributed by atoms with E-state index in [0.717, 1.165) is 43.7 Å². The van der Waals surface area contributed by atoms with Gasteiger partial charge in [0.2, 0.25) is 0 Å². The predicted molar refractivity (Wildman–Crippen MR) is 98.1 cm³/mol. The summed E-state index contributed by atoms with van der Waals surface area (Å²) in [5, 5.41) is 0. The third kappa shape index (κ3) is 5.11. The van der Waals surface area contributed by atoms with Gasteiger partial charge in [0.25, 0.3) is 5.83 Å². The Morgan fingerprint density at radius 1 is 0.833 bits per heavy atom. The second-order valence-electron chi connectivity index (χ2n) is 8.64. The van der Waals surface area contributed by atoms with Crippen molar-refractivity contribution in [1.29, 1.82) is 0 Å². The zero-order valence-corrected chi connectivity index (χ0v) is 16.7. The van der Waals surface area contributed by atoms with Crippen LogP contribution in [-0.2, 0) is 0 Å². The Bertz CT molecular complexity index is 749. The minimum absolute atomic E-state index is 0.123. The number of hydrogen-bond donors (Lipinski definition) is 0. The van der Waals surface area contributed by atoms with Gasteiger partial charge in [-0.25, -0.2) is 8.78 Å². The molecule has 0 atom stereocenters. The highest BCUT2D eigenvalue weighted by atomic mass is 19.3. The van der Waals surface area contributed by atoms with Crippen LogP contribution in [0.15, 0.2) is 24.0 Å². The monoisotopic (exact) mass is 438 g/mol. The number of rotatable bonds is 5. The van der Waals surface area contributed by atoms with Crippen molar-refractivity contribution in [2.75, 3.05) is 0 Å². The Labute approximate surface area is 171 Å². The molecule has 0 N–H and O–H groups in total. The van der Waals surface area contributed by atoms with Crippen LogP contribution in [-0.4, -0.2) is 6.11 Å². The lowest BCUT2D eigenvalue weighted by molar-refractivity contribution is -0.162. The summed E-state index contributed by atoms with van der Waals surface area (Å²) >= 11 is 0. The summed E-state index contributed by atoms with van der Waals surface area (Å²) in [6.45, 7) is 2.26. The van der Waals surface area contributed by atoms with E-state index >= 15 is 0 Å². The van der Waals surface area contributed by atoms with Crippen LogP contribution < -0.4 is 4.74 Å². The van der Waals surface area contributed by atoms with Gasteiger partial charge in [-0.15, -0.1) is 0 Å². The van der Waals surface area contributed by atoms with Gasteiger partial charge in [-0.2, -0.15) is 22.0 Å². The second kappa shape index (κ2) is 9.18. The van der Waals surface area contributed by atoms with Gasteiger partial charge in [0.15, 0.2) is 17.4 Å². The molecule has 0 spiro atoms. The van der Waals surface area contributed by atoms with Crippen molar-refractivity contribution in [1.82, 2.24) is 0 Å². The summed E-state index contributed by atoms with van der Waals surface area (Å²) in [4.78, 5) is 0. The van der Waals surface area contributed by atoms with Gasteiger partial charge in [-0.05, 0) is 79.9 Å². The van der Waals surface area contributed by atoms with Gasteiger partial charge in [-0.1, -0.05) is 19.8 Å². The molecule has 2 saturated carbocycles. The molecule has 1 aromatic rings. The average Bonchev–Trinajstić information content (AvgIpc) is 2.70. The number of ether oxygens (including phenoxy) is 1. The van der Waals surface area contributed by atoms with Gasteiger partial charge >= 0.3 is 12.2 Å². The van der Waals surface area contributed by atoms with E-state index in [-0.39, 0.29) is 5.92 Å². The van der Waals surface area contributed by atoms with Crippen molar-refractivity contribution in [3.05, 3.63) is 41.2 Å². The van der Waals surface area contributed by atoms with Crippen LogP contribution in [0.4, 0.5) is 30.7 Å². The molecular formula is C22H25F7O. The summed E-state index contributed by atoms with van der Waals surface area (Å²) in [6.07, 6.45) is -0.255. The van der Waals surface area contributed by atoms with E-state index in [9.17, 15) is 30.7 Å². The number of hydrogen-bond acceptors (Lipinski definition) is 1. The van der Waals surface area contributed by atoms with Crippen molar-refractivity contribution in [3.8, 4) is 5.75 Å². The molecule has 0 amide bonds. The molecule has 3 rings (SSSR count). The van der Waals surface area contributed by atoms with Crippen molar-refractivity contribution in [2.45, 2.75) is 70.3 Å². The Kier molecular flexibility index (Phi) is 7.02. The van der Waals surface area contributed by atoms with Crippen LogP contribution in [0, 0.1) is 29.4 Å². The smallest absolute Gasteiger partial charge is 0.421 e. The van der Waals surface area contributed by atoms with Crippen LogP contribution >= 0.6 is 0 Å². The molecule has 168 valence electrons. The first-order valence-corrected chi connectivity index (χ1v) is 10.4. The zero-order chi connectivity index (χ0) is 22.1. The lowest BCUT2D eigenvalue weighted by atomic mass is 9.68. The van der Waals surface area contributed by atoms with Gasteiger partial charge in [0, 0.05) is 0 Å². The predicted octanol–water partition coefficient (Wildman–Crippen LogP) is 8.11. The fraction of sp³-hybridized carbons (Fsp3) is 0.636. The third-order valence-corrected chi connectivity index (χ3v) is 6.64. The van der Waals surface area contributed by atoms with E-state index in [1.807, 2.05) is 0 Å². The number of alkyl halides is 2. The first kappa shape index (κ1) is 22.9. The molecular weight excluding hydrogens is 413 g/mol. The lowest BCUT2D eigenvalue weighted by Gasteiger charge is -2.37. The molecule has 1 nitrogen and oxygen atoms in total. The molecule has 0 radical (unpaired) electrons. The van der Waals surface area contributed by atoms with E-state index in [2.05, 4.69) is 11.7 Å². The van der Waals surface area contributed by atoms with E-state index in [1.165, 1.54) is 25.7 Å². The normalized spacial score (nSPS) is 27.6. The zero-order valence-electron chi connectivity index (χ0n) is 16.7. The molecule has 2 aliphatic rings. The molecule has 0 aliphatic heterocycles. The first-order valence-electron chi connectivity index (χ1n) is 10.4. The van der Waals surface area contributed by atoms with E-state index < -0.39 is 35.4 Å². The maximum absolute atomic E-state index is 14.2. The van der Waals surface area contributed by atoms with Crippen LogP contribution in [0.5, 0.6) is 5.75 Å². The molecule has 30 heavy (non-hydrogen) atoms. The van der Waals surface area contributed by atoms with Gasteiger partial charge in [0.05, 0.1) is 0 Å². The minimum atomic E-state index is -5.17. The van der Waals surface area contributed by atoms with Crippen LogP contribution in [0.1, 0.15) is 69.8 Å². The van der Waals surface area contributed by atoms with Gasteiger partial charge in [-0.3, -0.25) is 0 Å². The molecule has 2 fully saturated rings. The topological polar surface area (TPSA) is 9.23 Å². The van der Waals surface area contributed by atoms with E-state index in [1.54, 1.807) is 0 Å². The maximum Gasteiger partial charge on any atom is 0.459 e. The highest BCUT2D eigenvalue weighted by Gasteiger charge is 2.44. The SMILES string of the molecule is CC1CCC(C2CCC(c3cc(F)c(OC(F)(F)C(F)=C(F)F)c(F)c3)CC2)CC1. The largest absolute Gasteiger partial charge is 0.459 e. The number of halogens is 7. The standard InChI is InChI=1S/C22H25F7O/c1-12-2-4-13(5-3-12)14-6-8-15(9-7-14)16-10-17(23)19(18(24)11-16)30-22(28,29)20(25)21(26)27/h10-15H,2-9H2,1H3. The molecule has 0 bridgehead atoms. The van der Waals surface area contributed by atoms with E-state index in [0.29, 0.717) is 17.4 Å². The molecule has 0 heterocycles. The van der Waals surface area contributed by atoms with Crippen molar-refractivity contribution in [2.24, 2.45) is 17.8 Å². The van der Waals surface area contributed by atoms with Crippen molar-refractivity contribution < 1.29 is 35.5 Å². The molecule has 8 heteroatoms.